The van der Waals surface area contributed by atoms with Gasteiger partial charge in [0.05, 0.1) is 5.56 Å². The Morgan fingerprint density at radius 2 is 2.11 bits per heavy atom. The Hall–Kier alpha value is -1.82. The fourth-order valence-electron chi connectivity index (χ4n) is 1.69. The van der Waals surface area contributed by atoms with E-state index in [1.807, 2.05) is 0 Å². The van der Waals surface area contributed by atoms with Gasteiger partial charge in [0.2, 0.25) is 0 Å². The van der Waals surface area contributed by atoms with Gasteiger partial charge in [-0.15, -0.1) is 0 Å². The van der Waals surface area contributed by atoms with Crippen LogP contribution in [0.1, 0.15) is 18.9 Å². The van der Waals surface area contributed by atoms with Crippen molar-refractivity contribution in [3.63, 3.8) is 0 Å². The number of anilines is 1. The molecule has 1 atom stereocenters. The van der Waals surface area contributed by atoms with Crippen molar-refractivity contribution in [2.24, 2.45) is 10.7 Å². The first kappa shape index (κ1) is 12.6. The number of halogens is 3. The molecule has 3 nitrogen and oxygen atoms in total. The molecule has 18 heavy (non-hydrogen) atoms. The van der Waals surface area contributed by atoms with Crippen molar-refractivity contribution in [3.05, 3.63) is 41.9 Å². The van der Waals surface area contributed by atoms with E-state index in [9.17, 15) is 13.2 Å². The Morgan fingerprint density at radius 3 is 2.72 bits per heavy atom. The van der Waals surface area contributed by atoms with Crippen LogP contribution in [0.5, 0.6) is 0 Å². The molecule has 0 amide bonds. The standard InChI is InChI=1S/C12H12F3N3/c1-7-4-5-18(12(16)17-7)8-2-3-10(13)9(6-8)11(14)15/h2-6,11-12H,16H2,1H3. The van der Waals surface area contributed by atoms with Crippen LogP contribution in [0.2, 0.25) is 0 Å². The molecule has 0 bridgehead atoms. The van der Waals surface area contributed by atoms with Gasteiger partial charge in [-0.25, -0.2) is 13.2 Å². The SMILES string of the molecule is CC1=NC(N)N(c2ccc(F)c(C(F)F)c2)C=C1. The van der Waals surface area contributed by atoms with E-state index in [1.165, 1.54) is 11.0 Å². The van der Waals surface area contributed by atoms with E-state index >= 15 is 0 Å². The topological polar surface area (TPSA) is 41.6 Å². The van der Waals surface area contributed by atoms with Crippen LogP contribution >= 0.6 is 0 Å². The highest BCUT2D eigenvalue weighted by atomic mass is 19.3. The summed E-state index contributed by atoms with van der Waals surface area (Å²) in [6.07, 6.45) is -0.212. The van der Waals surface area contributed by atoms with Crippen molar-refractivity contribution in [2.75, 3.05) is 4.90 Å². The minimum Gasteiger partial charge on any atom is -0.313 e. The molecule has 0 aromatic heterocycles. The van der Waals surface area contributed by atoms with Crippen LogP contribution in [0.15, 0.2) is 35.5 Å². The molecule has 1 heterocycles. The smallest absolute Gasteiger partial charge is 0.266 e. The zero-order chi connectivity index (χ0) is 13.3. The number of benzene rings is 1. The molecular formula is C12H12F3N3. The summed E-state index contributed by atoms with van der Waals surface area (Å²) in [4.78, 5) is 5.59. The highest BCUT2D eigenvalue weighted by Gasteiger charge is 2.19. The van der Waals surface area contributed by atoms with Crippen molar-refractivity contribution in [1.82, 2.24) is 0 Å². The van der Waals surface area contributed by atoms with E-state index in [1.54, 1.807) is 19.2 Å². The molecular weight excluding hydrogens is 243 g/mol. The zero-order valence-corrected chi connectivity index (χ0v) is 9.65. The second-order valence-corrected chi connectivity index (χ2v) is 3.91. The van der Waals surface area contributed by atoms with Gasteiger partial charge in [-0.1, -0.05) is 0 Å². The average Bonchev–Trinajstić information content (AvgIpc) is 2.30. The van der Waals surface area contributed by atoms with E-state index in [0.29, 0.717) is 5.69 Å². The van der Waals surface area contributed by atoms with Gasteiger partial charge in [0.15, 0.2) is 6.29 Å². The van der Waals surface area contributed by atoms with Crippen LogP contribution in [0.3, 0.4) is 0 Å². The summed E-state index contributed by atoms with van der Waals surface area (Å²) in [5.41, 5.74) is 6.26. The largest absolute Gasteiger partial charge is 0.313 e. The predicted molar refractivity (Wildman–Crippen MR) is 64.1 cm³/mol. The quantitative estimate of drug-likeness (QED) is 0.882. The lowest BCUT2D eigenvalue weighted by molar-refractivity contribution is 0.146. The van der Waals surface area contributed by atoms with E-state index in [0.717, 1.165) is 17.8 Å². The van der Waals surface area contributed by atoms with Crippen molar-refractivity contribution in [3.8, 4) is 0 Å². The molecule has 96 valence electrons. The Bertz CT molecular complexity index is 511. The van der Waals surface area contributed by atoms with Gasteiger partial charge in [-0.2, -0.15) is 0 Å². The summed E-state index contributed by atoms with van der Waals surface area (Å²) in [6.45, 7) is 1.78. The van der Waals surface area contributed by atoms with Gasteiger partial charge in [-0.05, 0) is 31.2 Å². The molecule has 1 aromatic rings. The minimum absolute atomic E-state index is 0.381. The molecule has 1 aromatic carbocycles. The number of hydrogen-bond donors (Lipinski definition) is 1. The summed E-state index contributed by atoms with van der Waals surface area (Å²) in [7, 11) is 0. The lowest BCUT2D eigenvalue weighted by Crippen LogP contribution is -2.39. The fraction of sp³-hybridized carbons (Fsp3) is 0.250. The number of nitrogens with zero attached hydrogens (tertiary/aromatic N) is 2. The van der Waals surface area contributed by atoms with Gasteiger partial charge < -0.3 is 4.90 Å². The summed E-state index contributed by atoms with van der Waals surface area (Å²) < 4.78 is 38.4. The van der Waals surface area contributed by atoms with E-state index in [2.05, 4.69) is 4.99 Å². The van der Waals surface area contributed by atoms with Crippen molar-refractivity contribution in [1.29, 1.82) is 0 Å². The molecule has 1 unspecified atom stereocenters. The normalized spacial score (nSPS) is 19.3. The van der Waals surface area contributed by atoms with Gasteiger partial charge in [-0.3, -0.25) is 10.7 Å². The lowest BCUT2D eigenvalue weighted by Gasteiger charge is -2.28. The second-order valence-electron chi connectivity index (χ2n) is 3.91. The number of allylic oxidation sites excluding steroid dienone is 1. The molecule has 1 aliphatic rings. The molecule has 0 spiro atoms. The average molecular weight is 255 g/mol. The number of aliphatic imine (C=N–C) groups is 1. The van der Waals surface area contributed by atoms with E-state index < -0.39 is 24.1 Å². The third-order valence-corrected chi connectivity index (χ3v) is 2.61. The minimum atomic E-state index is -2.86. The monoisotopic (exact) mass is 255 g/mol. The Kier molecular flexibility index (Phi) is 3.38. The van der Waals surface area contributed by atoms with Crippen molar-refractivity contribution >= 4 is 11.4 Å². The van der Waals surface area contributed by atoms with Crippen molar-refractivity contribution < 1.29 is 13.2 Å². The Morgan fingerprint density at radius 1 is 1.39 bits per heavy atom. The zero-order valence-electron chi connectivity index (χ0n) is 9.65. The molecule has 0 radical (unpaired) electrons. The van der Waals surface area contributed by atoms with E-state index in [-0.39, 0.29) is 0 Å². The lowest BCUT2D eigenvalue weighted by atomic mass is 10.1. The number of alkyl halides is 2. The second kappa shape index (κ2) is 4.81. The number of hydrogen-bond acceptors (Lipinski definition) is 3. The molecule has 6 heteroatoms. The van der Waals surface area contributed by atoms with Crippen LogP contribution in [-0.4, -0.2) is 12.0 Å². The van der Waals surface area contributed by atoms with Gasteiger partial charge in [0, 0.05) is 17.6 Å². The van der Waals surface area contributed by atoms with Crippen LogP contribution in [0.4, 0.5) is 18.9 Å². The molecule has 1 aliphatic heterocycles. The summed E-state index contributed by atoms with van der Waals surface area (Å²) >= 11 is 0. The summed E-state index contributed by atoms with van der Waals surface area (Å²) in [5.74, 6) is -0.928. The van der Waals surface area contributed by atoms with Crippen molar-refractivity contribution in [2.45, 2.75) is 19.6 Å². The first-order chi connectivity index (χ1) is 8.49. The number of rotatable bonds is 2. The van der Waals surface area contributed by atoms with Gasteiger partial charge in [0.25, 0.3) is 6.43 Å². The first-order valence-electron chi connectivity index (χ1n) is 5.33. The van der Waals surface area contributed by atoms with E-state index in [4.69, 9.17) is 5.73 Å². The molecule has 0 saturated carbocycles. The van der Waals surface area contributed by atoms with Gasteiger partial charge in [0.1, 0.15) is 5.82 Å². The summed E-state index contributed by atoms with van der Waals surface area (Å²) in [6, 6.07) is 3.48. The molecule has 2 N–H and O–H groups in total. The highest BCUT2D eigenvalue weighted by molar-refractivity contribution is 5.94. The molecule has 0 aliphatic carbocycles. The maximum absolute atomic E-state index is 13.2. The maximum Gasteiger partial charge on any atom is 0.266 e. The fourth-order valence-corrected chi connectivity index (χ4v) is 1.69. The van der Waals surface area contributed by atoms with Crippen LogP contribution in [0, 0.1) is 5.82 Å². The van der Waals surface area contributed by atoms with Crippen LogP contribution in [0.25, 0.3) is 0 Å². The third kappa shape index (κ3) is 2.38. The Balaban J connectivity index is 2.35. The molecule has 2 rings (SSSR count). The summed E-state index contributed by atoms with van der Waals surface area (Å²) in [5, 5.41) is 0. The van der Waals surface area contributed by atoms with Crippen LogP contribution in [-0.2, 0) is 0 Å². The Labute approximate surface area is 102 Å². The number of nitrogens with two attached hydrogens (primary N) is 1. The maximum atomic E-state index is 13.2. The highest BCUT2D eigenvalue weighted by Crippen LogP contribution is 2.28. The predicted octanol–water partition coefficient (Wildman–Crippen LogP) is 2.80. The molecule has 0 fully saturated rings. The third-order valence-electron chi connectivity index (χ3n) is 2.61. The first-order valence-corrected chi connectivity index (χ1v) is 5.33. The van der Waals surface area contributed by atoms with Crippen LogP contribution < -0.4 is 10.6 Å². The molecule has 0 saturated heterocycles. The van der Waals surface area contributed by atoms with Gasteiger partial charge >= 0.3 is 0 Å².